The van der Waals surface area contributed by atoms with Gasteiger partial charge in [-0.3, -0.25) is 9.71 Å². The van der Waals surface area contributed by atoms with Crippen LogP contribution in [0.2, 0.25) is 0 Å². The van der Waals surface area contributed by atoms with Crippen LogP contribution < -0.4 is 14.2 Å². The first-order valence-corrected chi connectivity index (χ1v) is 11.6. The van der Waals surface area contributed by atoms with Crippen molar-refractivity contribution in [3.63, 3.8) is 0 Å². The van der Waals surface area contributed by atoms with Gasteiger partial charge in [-0.2, -0.15) is 0 Å². The number of rotatable bonds is 8. The van der Waals surface area contributed by atoms with Crippen LogP contribution in [0.4, 0.5) is 5.82 Å². The van der Waals surface area contributed by atoms with E-state index < -0.39 is 10.0 Å². The Morgan fingerprint density at radius 1 is 0.970 bits per heavy atom. The molecule has 8 nitrogen and oxygen atoms in total. The molecule has 0 saturated heterocycles. The first kappa shape index (κ1) is 22.2. The van der Waals surface area contributed by atoms with Crippen LogP contribution in [0.25, 0.3) is 11.3 Å². The molecule has 0 fully saturated rings. The molecule has 0 spiro atoms. The second-order valence-corrected chi connectivity index (χ2v) is 8.89. The average molecular weight is 463 g/mol. The number of anilines is 1. The highest BCUT2D eigenvalue weighted by Crippen LogP contribution is 2.28. The molecule has 0 atom stereocenters. The number of aromatic nitrogens is 3. The van der Waals surface area contributed by atoms with E-state index in [2.05, 4.69) is 19.7 Å². The number of sulfonamides is 1. The molecule has 0 aliphatic carbocycles. The van der Waals surface area contributed by atoms with Crippen molar-refractivity contribution < 1.29 is 17.9 Å². The summed E-state index contributed by atoms with van der Waals surface area (Å²) in [6.45, 7) is 2.03. The normalized spacial score (nSPS) is 11.1. The molecular formula is C24H22N4O4S. The molecule has 2 aromatic heterocycles. The number of nitrogens with zero attached hydrogens (tertiary/aromatic N) is 3. The van der Waals surface area contributed by atoms with Gasteiger partial charge < -0.3 is 9.47 Å². The lowest BCUT2D eigenvalue weighted by atomic mass is 10.1. The number of hydrogen-bond donors (Lipinski definition) is 1. The summed E-state index contributed by atoms with van der Waals surface area (Å²) in [6, 6.07) is 17.5. The van der Waals surface area contributed by atoms with Crippen LogP contribution in [0.15, 0.2) is 84.1 Å². The lowest BCUT2D eigenvalue weighted by Crippen LogP contribution is -2.15. The smallest absolute Gasteiger partial charge is 0.263 e. The number of benzene rings is 2. The van der Waals surface area contributed by atoms with Gasteiger partial charge in [0.25, 0.3) is 15.9 Å². The van der Waals surface area contributed by atoms with Gasteiger partial charge in [-0.1, -0.05) is 23.8 Å². The minimum Gasteiger partial charge on any atom is -0.497 e. The molecule has 0 radical (unpaired) electrons. The van der Waals surface area contributed by atoms with E-state index in [0.29, 0.717) is 11.4 Å². The molecule has 0 unspecified atom stereocenters. The Labute approximate surface area is 192 Å². The van der Waals surface area contributed by atoms with E-state index in [1.165, 1.54) is 18.3 Å². The fraction of sp³-hybridized carbons (Fsp3) is 0.125. The third-order valence-corrected chi connectivity index (χ3v) is 6.14. The van der Waals surface area contributed by atoms with Gasteiger partial charge in [-0.15, -0.1) is 0 Å². The molecule has 4 rings (SSSR count). The summed E-state index contributed by atoms with van der Waals surface area (Å²) in [6.07, 6.45) is 4.82. The number of ether oxygens (including phenoxy) is 2. The summed E-state index contributed by atoms with van der Waals surface area (Å²) < 4.78 is 39.4. The predicted molar refractivity (Wildman–Crippen MR) is 125 cm³/mol. The lowest BCUT2D eigenvalue weighted by molar-refractivity contribution is 0.294. The molecule has 4 aromatic rings. The molecular weight excluding hydrogens is 440 g/mol. The molecule has 9 heteroatoms. The van der Waals surface area contributed by atoms with Crippen LogP contribution in [0.3, 0.4) is 0 Å². The monoisotopic (exact) mass is 462 g/mol. The Bertz CT molecular complexity index is 1330. The molecule has 0 amide bonds. The van der Waals surface area contributed by atoms with E-state index in [1.807, 2.05) is 25.1 Å². The minimum atomic E-state index is -3.88. The van der Waals surface area contributed by atoms with Crippen molar-refractivity contribution in [1.82, 2.24) is 15.0 Å². The number of methoxy groups -OCH3 is 1. The van der Waals surface area contributed by atoms with Crippen molar-refractivity contribution in [2.45, 2.75) is 18.4 Å². The molecule has 1 N–H and O–H groups in total. The van der Waals surface area contributed by atoms with Gasteiger partial charge >= 0.3 is 0 Å². The van der Waals surface area contributed by atoms with E-state index >= 15 is 0 Å². The summed E-state index contributed by atoms with van der Waals surface area (Å²) >= 11 is 0. The van der Waals surface area contributed by atoms with Crippen molar-refractivity contribution in [1.29, 1.82) is 0 Å². The van der Waals surface area contributed by atoms with Crippen LogP contribution in [0.1, 0.15) is 11.1 Å². The largest absolute Gasteiger partial charge is 0.497 e. The van der Waals surface area contributed by atoms with Crippen LogP contribution in [-0.2, 0) is 16.6 Å². The van der Waals surface area contributed by atoms with Crippen molar-refractivity contribution in [3.05, 3.63) is 90.4 Å². The number of pyridine rings is 1. The van der Waals surface area contributed by atoms with Gasteiger partial charge in [0.15, 0.2) is 0 Å². The van der Waals surface area contributed by atoms with Crippen LogP contribution >= 0.6 is 0 Å². The second-order valence-electron chi connectivity index (χ2n) is 7.21. The van der Waals surface area contributed by atoms with E-state index in [4.69, 9.17) is 9.47 Å². The summed E-state index contributed by atoms with van der Waals surface area (Å²) in [5.41, 5.74) is 3.07. The van der Waals surface area contributed by atoms with Gasteiger partial charge in [0.1, 0.15) is 12.4 Å². The fourth-order valence-electron chi connectivity index (χ4n) is 2.98. The number of hydrogen-bond acceptors (Lipinski definition) is 7. The summed E-state index contributed by atoms with van der Waals surface area (Å²) in [5.74, 6) is 0.766. The van der Waals surface area contributed by atoms with Crippen LogP contribution in [0.5, 0.6) is 11.6 Å². The van der Waals surface area contributed by atoms with Gasteiger partial charge in [-0.25, -0.2) is 18.4 Å². The van der Waals surface area contributed by atoms with Gasteiger partial charge in [-0.05, 0) is 49.4 Å². The third-order valence-electron chi connectivity index (χ3n) is 4.79. The molecule has 0 aliphatic heterocycles. The number of aryl methyl sites for hydroxylation is 1. The zero-order chi connectivity index (χ0) is 23.3. The molecule has 33 heavy (non-hydrogen) atoms. The minimum absolute atomic E-state index is 0.00303. The Morgan fingerprint density at radius 3 is 2.39 bits per heavy atom. The van der Waals surface area contributed by atoms with E-state index in [9.17, 15) is 8.42 Å². The Hall–Kier alpha value is -3.98. The molecule has 168 valence electrons. The molecule has 0 aliphatic rings. The molecule has 0 saturated carbocycles. The highest BCUT2D eigenvalue weighted by molar-refractivity contribution is 7.92. The van der Waals surface area contributed by atoms with E-state index in [1.54, 1.807) is 49.8 Å². The van der Waals surface area contributed by atoms with Crippen molar-refractivity contribution >= 4 is 15.8 Å². The van der Waals surface area contributed by atoms with Gasteiger partial charge in [0.2, 0.25) is 5.82 Å². The predicted octanol–water partition coefficient (Wildman–Crippen LogP) is 4.24. The van der Waals surface area contributed by atoms with Crippen molar-refractivity contribution in [2.24, 2.45) is 0 Å². The Morgan fingerprint density at radius 2 is 1.73 bits per heavy atom. The topological polar surface area (TPSA) is 103 Å². The highest BCUT2D eigenvalue weighted by atomic mass is 32.2. The quantitative estimate of drug-likeness (QED) is 0.418. The number of nitrogens with one attached hydrogen (secondary N) is 1. The average Bonchev–Trinajstić information content (AvgIpc) is 2.84. The Kier molecular flexibility index (Phi) is 6.50. The zero-order valence-electron chi connectivity index (χ0n) is 18.1. The van der Waals surface area contributed by atoms with Crippen LogP contribution in [-0.4, -0.2) is 30.5 Å². The summed E-state index contributed by atoms with van der Waals surface area (Å²) in [7, 11) is -2.29. The standard InChI is InChI=1S/C24H22N4O4S/c1-17-5-11-21(12-6-17)33(29,30)28-23-24(32-16-18-4-3-13-25-14-18)27-22(15-26-23)19-7-9-20(31-2)10-8-19/h3-15H,16H2,1-2H3,(H,26,28). The van der Waals surface area contributed by atoms with Crippen molar-refractivity contribution in [2.75, 3.05) is 11.8 Å². The third kappa shape index (κ3) is 5.45. The maximum absolute atomic E-state index is 12.9. The van der Waals surface area contributed by atoms with E-state index in [-0.39, 0.29) is 23.2 Å². The summed E-state index contributed by atoms with van der Waals surface area (Å²) in [5, 5.41) is 0. The van der Waals surface area contributed by atoms with E-state index in [0.717, 1.165) is 16.7 Å². The van der Waals surface area contributed by atoms with Gasteiger partial charge in [0, 0.05) is 23.5 Å². The molecule has 0 bridgehead atoms. The van der Waals surface area contributed by atoms with Gasteiger partial charge in [0.05, 0.1) is 23.9 Å². The highest BCUT2D eigenvalue weighted by Gasteiger charge is 2.20. The van der Waals surface area contributed by atoms with Crippen molar-refractivity contribution in [3.8, 4) is 22.9 Å². The maximum atomic E-state index is 12.9. The fourth-order valence-corrected chi connectivity index (χ4v) is 3.99. The zero-order valence-corrected chi connectivity index (χ0v) is 18.9. The Balaban J connectivity index is 1.67. The first-order valence-electron chi connectivity index (χ1n) is 10.1. The molecule has 2 heterocycles. The molecule has 2 aromatic carbocycles. The summed E-state index contributed by atoms with van der Waals surface area (Å²) in [4.78, 5) is 13.0. The lowest BCUT2D eigenvalue weighted by Gasteiger charge is -2.13. The maximum Gasteiger partial charge on any atom is 0.263 e. The second kappa shape index (κ2) is 9.66. The SMILES string of the molecule is COc1ccc(-c2cnc(NS(=O)(=O)c3ccc(C)cc3)c(OCc3cccnc3)n2)cc1. The van der Waals surface area contributed by atoms with Crippen LogP contribution in [0, 0.1) is 6.92 Å². The first-order chi connectivity index (χ1) is 15.9.